The number of fused-ring (bicyclic) bond motifs is 2. The molecule has 0 radical (unpaired) electrons. The van der Waals surface area contributed by atoms with E-state index in [1.165, 1.54) is 6.07 Å². The van der Waals surface area contributed by atoms with E-state index in [1.807, 2.05) is 65.8 Å². The number of rotatable bonds is 11. The summed E-state index contributed by atoms with van der Waals surface area (Å²) >= 11 is 0. The lowest BCUT2D eigenvalue weighted by Crippen LogP contribution is -2.29. The molecular weight excluding hydrogens is 580 g/mol. The standard InChI is InChI=1S/C30H36N2O8S2/c1-29(2)22-10-5-6-11-24(22)31(16-8-18-41(35,36)37)26(29)12-7-13-27-30(3,4)23-20-21(28(33)34)14-15-25(23)32(27)17-9-19-42(38,39)40/h5-7,10-15,20H,8-9,16-19H2,1-4H3,(H2-,33,34,35,36,37,38,39,40). The van der Waals surface area contributed by atoms with Crippen molar-refractivity contribution in [3.63, 3.8) is 0 Å². The van der Waals surface area contributed by atoms with Crippen LogP contribution in [0.15, 0.2) is 66.4 Å². The maximum absolute atomic E-state index is 11.7. The SMILES string of the molecule is CC1(C)C(/C=C/C=C2/N(CCCS(=O)(=O)O)c3ccc(C(=O)O)cc3C2(C)C)=[N+](CCCS(=O)(=O)[O-])c2ccccc21. The minimum atomic E-state index is -4.35. The van der Waals surface area contributed by atoms with Crippen molar-refractivity contribution in [2.75, 3.05) is 29.5 Å². The zero-order valence-corrected chi connectivity index (χ0v) is 25.7. The molecule has 0 atom stereocenters. The van der Waals surface area contributed by atoms with Gasteiger partial charge >= 0.3 is 5.97 Å². The average molecular weight is 617 g/mol. The topological polar surface area (TPSA) is 155 Å². The summed E-state index contributed by atoms with van der Waals surface area (Å²) in [6, 6.07) is 12.7. The second-order valence-electron chi connectivity index (χ2n) is 11.7. The maximum atomic E-state index is 11.7. The summed E-state index contributed by atoms with van der Waals surface area (Å²) in [4.78, 5) is 13.7. The van der Waals surface area contributed by atoms with Gasteiger partial charge in [-0.3, -0.25) is 4.55 Å². The summed E-state index contributed by atoms with van der Waals surface area (Å²) in [7, 11) is -8.50. The molecule has 2 aliphatic heterocycles. The molecular formula is C30H36N2O8S2. The highest BCUT2D eigenvalue weighted by atomic mass is 32.2. The van der Waals surface area contributed by atoms with Crippen LogP contribution in [0.1, 0.15) is 62.0 Å². The van der Waals surface area contributed by atoms with Crippen molar-refractivity contribution < 1.29 is 40.4 Å². The molecule has 226 valence electrons. The van der Waals surface area contributed by atoms with Crippen LogP contribution in [0.2, 0.25) is 0 Å². The van der Waals surface area contributed by atoms with Crippen LogP contribution in [-0.4, -0.2) is 71.9 Å². The van der Waals surface area contributed by atoms with Crippen molar-refractivity contribution in [1.82, 2.24) is 0 Å². The number of para-hydroxylation sites is 1. The first-order valence-electron chi connectivity index (χ1n) is 13.6. The molecule has 0 aliphatic carbocycles. The van der Waals surface area contributed by atoms with Crippen LogP contribution in [0.5, 0.6) is 0 Å². The second kappa shape index (κ2) is 11.4. The lowest BCUT2D eigenvalue weighted by Gasteiger charge is -2.27. The Labute approximate surface area is 247 Å². The van der Waals surface area contributed by atoms with Gasteiger partial charge in [-0.05, 0) is 50.1 Å². The van der Waals surface area contributed by atoms with E-state index < -0.39 is 48.5 Å². The van der Waals surface area contributed by atoms with E-state index in [9.17, 15) is 35.8 Å². The van der Waals surface area contributed by atoms with E-state index in [0.717, 1.165) is 33.9 Å². The Morgan fingerprint density at radius 3 is 2.31 bits per heavy atom. The molecule has 2 aromatic rings. The first-order valence-corrected chi connectivity index (χ1v) is 16.8. The smallest absolute Gasteiger partial charge is 0.335 e. The molecule has 2 aromatic carbocycles. The summed E-state index contributed by atoms with van der Waals surface area (Å²) in [6.07, 6.45) is 6.09. The van der Waals surface area contributed by atoms with Gasteiger partial charge < -0.3 is 14.6 Å². The van der Waals surface area contributed by atoms with E-state index in [2.05, 4.69) is 13.8 Å². The highest BCUT2D eigenvalue weighted by Crippen LogP contribution is 2.48. The van der Waals surface area contributed by atoms with E-state index in [-0.39, 0.29) is 24.9 Å². The zero-order chi connectivity index (χ0) is 31.1. The van der Waals surface area contributed by atoms with Gasteiger partial charge in [-0.15, -0.1) is 0 Å². The fourth-order valence-corrected chi connectivity index (χ4v) is 6.94. The first-order chi connectivity index (χ1) is 19.4. The van der Waals surface area contributed by atoms with Gasteiger partial charge in [0, 0.05) is 53.2 Å². The Kier molecular flexibility index (Phi) is 8.58. The third-order valence-corrected chi connectivity index (χ3v) is 9.60. The Balaban J connectivity index is 1.75. The number of allylic oxidation sites excluding steroid dienone is 4. The van der Waals surface area contributed by atoms with E-state index in [1.54, 1.807) is 12.1 Å². The quantitative estimate of drug-likeness (QED) is 0.279. The van der Waals surface area contributed by atoms with Crippen LogP contribution in [-0.2, 0) is 31.1 Å². The van der Waals surface area contributed by atoms with E-state index in [4.69, 9.17) is 0 Å². The van der Waals surface area contributed by atoms with Crippen LogP contribution in [0, 0.1) is 0 Å². The fraction of sp³-hybridized carbons (Fsp3) is 0.400. The van der Waals surface area contributed by atoms with Gasteiger partial charge in [-0.2, -0.15) is 13.0 Å². The van der Waals surface area contributed by atoms with Gasteiger partial charge in [0.05, 0.1) is 26.8 Å². The minimum absolute atomic E-state index is 0.147. The lowest BCUT2D eigenvalue weighted by atomic mass is 9.81. The van der Waals surface area contributed by atoms with Crippen LogP contribution in [0.25, 0.3) is 0 Å². The average Bonchev–Trinajstić information content (AvgIpc) is 3.22. The predicted octanol–water partition coefficient (Wildman–Crippen LogP) is 4.21. The second-order valence-corrected chi connectivity index (χ2v) is 14.8. The molecule has 12 heteroatoms. The van der Waals surface area contributed by atoms with Gasteiger partial charge in [0.1, 0.15) is 6.54 Å². The van der Waals surface area contributed by atoms with Crippen molar-refractivity contribution in [3.8, 4) is 0 Å². The third kappa shape index (κ3) is 6.51. The Morgan fingerprint density at radius 1 is 0.976 bits per heavy atom. The minimum Gasteiger partial charge on any atom is -0.748 e. The summed E-state index contributed by atoms with van der Waals surface area (Å²) < 4.78 is 67.9. The fourth-order valence-electron chi connectivity index (χ4n) is 5.97. The Morgan fingerprint density at radius 2 is 1.67 bits per heavy atom. The molecule has 0 bridgehead atoms. The number of aromatic carboxylic acids is 1. The maximum Gasteiger partial charge on any atom is 0.335 e. The van der Waals surface area contributed by atoms with Gasteiger partial charge in [0.15, 0.2) is 5.71 Å². The Bertz CT molecular complexity index is 1720. The highest BCUT2D eigenvalue weighted by Gasteiger charge is 2.44. The van der Waals surface area contributed by atoms with Crippen LogP contribution in [0.3, 0.4) is 0 Å². The normalized spacial score (nSPS) is 18.6. The molecule has 2 aliphatic rings. The molecule has 2 N–H and O–H groups in total. The summed E-state index contributed by atoms with van der Waals surface area (Å²) in [5.74, 6) is -1.92. The van der Waals surface area contributed by atoms with Gasteiger partial charge in [0.25, 0.3) is 10.1 Å². The first kappa shape index (κ1) is 31.6. The largest absolute Gasteiger partial charge is 0.748 e. The van der Waals surface area contributed by atoms with Crippen LogP contribution in [0.4, 0.5) is 11.4 Å². The molecule has 0 amide bonds. The van der Waals surface area contributed by atoms with E-state index >= 15 is 0 Å². The monoisotopic (exact) mass is 616 g/mol. The van der Waals surface area contributed by atoms with Crippen molar-refractivity contribution in [3.05, 3.63) is 83.1 Å². The number of benzene rings is 2. The molecule has 0 unspecified atom stereocenters. The zero-order valence-electron chi connectivity index (χ0n) is 24.1. The number of hydrogen-bond acceptors (Lipinski definition) is 7. The number of nitrogens with zero attached hydrogens (tertiary/aromatic N) is 2. The molecule has 0 spiro atoms. The molecule has 42 heavy (non-hydrogen) atoms. The van der Waals surface area contributed by atoms with Gasteiger partial charge in [0.2, 0.25) is 5.69 Å². The number of anilines is 1. The Hall–Kier alpha value is -3.32. The van der Waals surface area contributed by atoms with Gasteiger partial charge in [-0.1, -0.05) is 38.1 Å². The third-order valence-electron chi connectivity index (χ3n) is 8.01. The number of hydrogen-bond donors (Lipinski definition) is 2. The molecule has 10 nitrogen and oxygen atoms in total. The van der Waals surface area contributed by atoms with Gasteiger partial charge in [-0.25, -0.2) is 13.2 Å². The molecule has 4 rings (SSSR count). The predicted molar refractivity (Wildman–Crippen MR) is 160 cm³/mol. The molecule has 0 fully saturated rings. The summed E-state index contributed by atoms with van der Waals surface area (Å²) in [5, 5.41) is 9.57. The molecule has 0 aromatic heterocycles. The van der Waals surface area contributed by atoms with Crippen molar-refractivity contribution in [1.29, 1.82) is 0 Å². The number of carbonyl (C=O) groups is 1. The number of carboxylic acid groups (broad SMARTS) is 1. The summed E-state index contributed by atoms with van der Waals surface area (Å²) in [5.41, 5.74) is 4.42. The molecule has 0 saturated heterocycles. The lowest BCUT2D eigenvalue weighted by molar-refractivity contribution is -0.437. The molecule has 0 saturated carbocycles. The van der Waals surface area contributed by atoms with Crippen LogP contribution >= 0.6 is 0 Å². The number of carboxylic acids is 1. The molecule has 2 heterocycles. The van der Waals surface area contributed by atoms with Crippen molar-refractivity contribution in [2.45, 2.75) is 51.4 Å². The van der Waals surface area contributed by atoms with Crippen molar-refractivity contribution in [2.24, 2.45) is 0 Å². The highest BCUT2D eigenvalue weighted by molar-refractivity contribution is 7.85. The summed E-state index contributed by atoms with van der Waals surface area (Å²) in [6.45, 7) is 8.72. The van der Waals surface area contributed by atoms with Crippen molar-refractivity contribution >= 4 is 43.3 Å². The van der Waals surface area contributed by atoms with E-state index in [0.29, 0.717) is 6.54 Å². The van der Waals surface area contributed by atoms with Crippen LogP contribution < -0.4 is 4.90 Å².